The molecule has 2 aromatic rings. The zero-order valence-electron chi connectivity index (χ0n) is 18.6. The zero-order valence-corrected chi connectivity index (χ0v) is 20.2. The Kier molecular flexibility index (Phi) is 10.1. The summed E-state index contributed by atoms with van der Waals surface area (Å²) in [6.07, 6.45) is 0. The van der Waals surface area contributed by atoms with Crippen LogP contribution in [0.1, 0.15) is 0 Å². The molecule has 0 aliphatic heterocycles. The number of carbonyl (C=O) groups is 2. The largest absolute Gasteiger partial charge is 0.480 e. The lowest BCUT2D eigenvalue weighted by atomic mass is 10.2. The second-order valence-corrected chi connectivity index (χ2v) is 9.62. The van der Waals surface area contributed by atoms with E-state index < -0.39 is 66.5 Å². The number of anilines is 2. The minimum Gasteiger partial charge on any atom is -0.480 e. The van der Waals surface area contributed by atoms with Gasteiger partial charge in [0.15, 0.2) is 0 Å². The zero-order chi connectivity index (χ0) is 28.6. The molecule has 0 saturated carbocycles. The number of rotatable bonds is 15. The van der Waals surface area contributed by atoms with Gasteiger partial charge in [-0.05, 0) is 12.1 Å². The van der Waals surface area contributed by atoms with E-state index in [4.69, 9.17) is 0 Å². The van der Waals surface area contributed by atoms with Crippen LogP contribution in [0.4, 0.5) is 34.1 Å². The Bertz CT molecular complexity index is 1200. The molecule has 0 heterocycles. The number of hydrogen-bond acceptors (Lipinski definition) is 14. The molecule has 0 aliphatic rings. The van der Waals surface area contributed by atoms with E-state index in [2.05, 4.69) is 10.6 Å². The molecule has 2 rings (SSSR count). The van der Waals surface area contributed by atoms with Gasteiger partial charge in [0.1, 0.15) is 23.5 Å². The number of carboxylic acid groups (broad SMARTS) is 2. The molecule has 1 unspecified atom stereocenters. The number of hydrogen-bond donors (Lipinski definition) is 4. The van der Waals surface area contributed by atoms with Crippen molar-refractivity contribution in [2.24, 2.45) is 0 Å². The van der Waals surface area contributed by atoms with Crippen LogP contribution in [0.3, 0.4) is 0 Å². The van der Waals surface area contributed by atoms with E-state index in [1.807, 2.05) is 0 Å². The number of nitro benzene ring substituents is 4. The maximum atomic E-state index is 11.6. The van der Waals surface area contributed by atoms with Crippen LogP contribution >= 0.6 is 21.6 Å². The van der Waals surface area contributed by atoms with Gasteiger partial charge in [-0.25, -0.2) is 9.59 Å². The summed E-state index contributed by atoms with van der Waals surface area (Å²) >= 11 is 0. The molecule has 0 aromatic heterocycles. The van der Waals surface area contributed by atoms with Crippen molar-refractivity contribution in [2.75, 3.05) is 22.1 Å². The summed E-state index contributed by atoms with van der Waals surface area (Å²) in [5.41, 5.74) is -3.15. The SMILES string of the molecule is O=C(O)C(CSSC[C@H](Nc1ccc([N+](=O)[O-])cc1[N+](=O)[O-])[14C](=O)O)Nc1ccc([N+](=O)[O-])cc1[N+](=O)[O-]. The van der Waals surface area contributed by atoms with Gasteiger partial charge < -0.3 is 20.8 Å². The number of benzene rings is 2. The smallest absolute Gasteiger partial charge is 0.327 e. The first-order valence-electron chi connectivity index (χ1n) is 9.90. The van der Waals surface area contributed by atoms with Crippen LogP contribution in [0.25, 0.3) is 0 Å². The average Bonchev–Trinajstić information content (AvgIpc) is 2.84. The highest BCUT2D eigenvalue weighted by Crippen LogP contribution is 2.33. The summed E-state index contributed by atoms with van der Waals surface area (Å²) in [7, 11) is 1.75. The van der Waals surface area contributed by atoms with Crippen LogP contribution in [0.2, 0.25) is 0 Å². The highest BCUT2D eigenvalue weighted by atomic mass is 33.1. The van der Waals surface area contributed by atoms with Crippen LogP contribution in [0, 0.1) is 40.5 Å². The summed E-state index contributed by atoms with van der Waals surface area (Å²) in [6, 6.07) is 2.40. The fourth-order valence-electron chi connectivity index (χ4n) is 2.77. The molecule has 0 bridgehead atoms. The minimum atomic E-state index is -1.42. The summed E-state index contributed by atoms with van der Waals surface area (Å²) in [5.74, 6) is -3.31. The molecule has 20 heteroatoms. The Morgan fingerprint density at radius 3 is 1.66 bits per heavy atom. The van der Waals surface area contributed by atoms with Crippen molar-refractivity contribution in [3.8, 4) is 0 Å². The van der Waals surface area contributed by atoms with Gasteiger partial charge in [0.2, 0.25) is 0 Å². The standard InChI is InChI=1S/C18H16N6O12S2/c25-17(26)13(19-11-3-1-9(21(29)30)5-15(11)23(33)34)7-37-38-8-14(18(27)28)20-12-4-2-10(22(31)32)6-16(12)24(35)36/h1-6,13-14,19-20H,7-8H2,(H,25,26)(H,27,28)/t13-,14?/m0/s1/i17+2. The van der Waals surface area contributed by atoms with E-state index in [0.717, 1.165) is 45.9 Å². The van der Waals surface area contributed by atoms with Crippen LogP contribution in [0.15, 0.2) is 36.4 Å². The van der Waals surface area contributed by atoms with Gasteiger partial charge >= 0.3 is 11.9 Å². The molecule has 4 N–H and O–H groups in total. The second-order valence-electron chi connectivity index (χ2n) is 7.07. The third kappa shape index (κ3) is 7.89. The molecule has 0 amide bonds. The fraction of sp³-hybridized carbons (Fsp3) is 0.222. The van der Waals surface area contributed by atoms with E-state index in [1.165, 1.54) is 0 Å². The second kappa shape index (κ2) is 13.0. The molecular formula is C18H16N6O12S2. The van der Waals surface area contributed by atoms with Crippen molar-refractivity contribution < 1.29 is 39.5 Å². The van der Waals surface area contributed by atoms with Crippen molar-refractivity contribution >= 4 is 67.7 Å². The number of nitro groups is 4. The van der Waals surface area contributed by atoms with Gasteiger partial charge in [-0.3, -0.25) is 40.5 Å². The molecule has 0 radical (unpaired) electrons. The number of nitrogens with one attached hydrogen (secondary N) is 2. The average molecular weight is 574 g/mol. The van der Waals surface area contributed by atoms with Crippen LogP contribution < -0.4 is 10.6 Å². The van der Waals surface area contributed by atoms with Crippen molar-refractivity contribution in [3.63, 3.8) is 0 Å². The van der Waals surface area contributed by atoms with E-state index in [1.54, 1.807) is 0 Å². The number of non-ortho nitro benzene ring substituents is 2. The number of aliphatic carboxylic acids is 2. The third-order valence-electron chi connectivity index (χ3n) is 4.59. The van der Waals surface area contributed by atoms with Crippen molar-refractivity contribution in [2.45, 2.75) is 12.1 Å². The van der Waals surface area contributed by atoms with E-state index >= 15 is 0 Å². The predicted molar refractivity (Wildman–Crippen MR) is 135 cm³/mol. The minimum absolute atomic E-state index is 0.238. The molecule has 2 atom stereocenters. The van der Waals surface area contributed by atoms with E-state index in [-0.39, 0.29) is 22.9 Å². The Morgan fingerprint density at radius 1 is 0.816 bits per heavy atom. The van der Waals surface area contributed by atoms with E-state index in [0.29, 0.717) is 12.1 Å². The Labute approximate surface area is 218 Å². The molecule has 0 spiro atoms. The molecular weight excluding hydrogens is 558 g/mol. The first kappa shape index (κ1) is 29.5. The van der Waals surface area contributed by atoms with Gasteiger partial charge in [0, 0.05) is 23.6 Å². The Hall–Kier alpha value is -4.72. The lowest BCUT2D eigenvalue weighted by Crippen LogP contribution is -2.33. The third-order valence-corrected chi connectivity index (χ3v) is 7.01. The molecule has 0 fully saturated rings. The summed E-state index contributed by atoms with van der Waals surface area (Å²) < 4.78 is 0. The molecule has 0 saturated heterocycles. The summed E-state index contributed by atoms with van der Waals surface area (Å²) in [6.45, 7) is 0. The van der Waals surface area contributed by atoms with E-state index in [9.17, 15) is 60.3 Å². The molecule has 38 heavy (non-hydrogen) atoms. The Balaban J connectivity index is 2.07. The molecule has 0 aliphatic carbocycles. The topological polar surface area (TPSA) is 271 Å². The van der Waals surface area contributed by atoms with Crippen LogP contribution in [-0.2, 0) is 9.59 Å². The van der Waals surface area contributed by atoms with Gasteiger partial charge in [-0.15, -0.1) is 0 Å². The van der Waals surface area contributed by atoms with Crippen molar-refractivity contribution in [1.82, 2.24) is 0 Å². The van der Waals surface area contributed by atoms with Gasteiger partial charge in [-0.2, -0.15) is 0 Å². The van der Waals surface area contributed by atoms with Gasteiger partial charge in [-0.1, -0.05) is 21.6 Å². The predicted octanol–water partition coefficient (Wildman–Crippen LogP) is 3.13. The first-order valence-corrected chi connectivity index (χ1v) is 12.4. The lowest BCUT2D eigenvalue weighted by Gasteiger charge is -2.17. The first-order chi connectivity index (χ1) is 17.8. The number of carboxylic acids is 2. The summed E-state index contributed by atoms with van der Waals surface area (Å²) in [5, 5.41) is 68.0. The maximum Gasteiger partial charge on any atom is 0.327 e. The van der Waals surface area contributed by atoms with Crippen LogP contribution in [-0.4, -0.2) is 65.4 Å². The summed E-state index contributed by atoms with van der Waals surface area (Å²) in [4.78, 5) is 64.0. The van der Waals surface area contributed by atoms with Crippen molar-refractivity contribution in [1.29, 1.82) is 0 Å². The molecule has 202 valence electrons. The lowest BCUT2D eigenvalue weighted by molar-refractivity contribution is -0.393. The number of nitrogens with zero attached hydrogens (tertiary/aromatic N) is 4. The maximum absolute atomic E-state index is 11.6. The quantitative estimate of drug-likeness (QED) is 0.103. The molecule has 18 nitrogen and oxygen atoms in total. The monoisotopic (exact) mass is 574 g/mol. The van der Waals surface area contributed by atoms with Gasteiger partial charge in [0.25, 0.3) is 22.7 Å². The normalized spacial score (nSPS) is 12.1. The van der Waals surface area contributed by atoms with Gasteiger partial charge in [0.05, 0.1) is 31.8 Å². The highest BCUT2D eigenvalue weighted by Gasteiger charge is 2.27. The molecule has 2 aromatic carbocycles. The Morgan fingerprint density at radius 2 is 1.26 bits per heavy atom. The van der Waals surface area contributed by atoms with Crippen molar-refractivity contribution in [3.05, 3.63) is 76.9 Å². The van der Waals surface area contributed by atoms with Crippen LogP contribution in [0.5, 0.6) is 0 Å². The highest BCUT2D eigenvalue weighted by molar-refractivity contribution is 8.76. The fourth-order valence-corrected chi connectivity index (χ4v) is 5.08.